The molecule has 0 spiro atoms. The molecule has 101 valence electrons. The average Bonchev–Trinajstić information content (AvgIpc) is 2.37. The molecule has 0 amide bonds. The van der Waals surface area contributed by atoms with E-state index in [1.807, 2.05) is 30.3 Å². The third-order valence-corrected chi connectivity index (χ3v) is 3.22. The minimum absolute atomic E-state index is 0. The van der Waals surface area contributed by atoms with E-state index in [2.05, 4.69) is 0 Å². The molecule has 0 atom stereocenters. The topological polar surface area (TPSA) is 63.6 Å². The molecule has 0 unspecified atom stereocenters. The van der Waals surface area contributed by atoms with Crippen LogP contribution in [0.1, 0.15) is 11.1 Å². The third-order valence-electron chi connectivity index (χ3n) is 2.55. The van der Waals surface area contributed by atoms with E-state index in [1.165, 1.54) is 0 Å². The molecule has 1 N–H and O–H groups in total. The summed E-state index contributed by atoms with van der Waals surface area (Å²) in [5, 5.41) is 0. The van der Waals surface area contributed by atoms with Crippen LogP contribution in [0.25, 0.3) is 0 Å². The first-order valence-electron chi connectivity index (χ1n) is 5.74. The molecule has 0 aromatic heterocycles. The van der Waals surface area contributed by atoms with Crippen LogP contribution in [0, 0.1) is 0 Å². The maximum atomic E-state index is 10.9. The number of ether oxygens (including phenoxy) is 1. The predicted molar refractivity (Wildman–Crippen MR) is 78.2 cm³/mol. The van der Waals surface area contributed by atoms with E-state index in [1.54, 1.807) is 24.3 Å². The SMILES string of the molecule is O=S(=O)(O)Cc1ccccc1OCc1ccccc1.[Na]. The fourth-order valence-corrected chi connectivity index (χ4v) is 2.33. The summed E-state index contributed by atoms with van der Waals surface area (Å²) in [6, 6.07) is 16.3. The van der Waals surface area contributed by atoms with E-state index in [0.29, 0.717) is 17.9 Å². The Labute approximate surface area is 140 Å². The summed E-state index contributed by atoms with van der Waals surface area (Å²) in [6.45, 7) is 0.351. The minimum Gasteiger partial charge on any atom is -0.489 e. The molecule has 0 heterocycles. The summed E-state index contributed by atoms with van der Waals surface area (Å²) in [5.74, 6) is 0.0156. The smallest absolute Gasteiger partial charge is 0.269 e. The molecule has 2 rings (SSSR count). The van der Waals surface area contributed by atoms with Gasteiger partial charge in [0.15, 0.2) is 0 Å². The molecule has 0 fully saturated rings. The van der Waals surface area contributed by atoms with Gasteiger partial charge in [-0.05, 0) is 11.6 Å². The standard InChI is InChI=1S/C14H14O4S.Na/c15-19(16,17)11-13-8-4-5-9-14(13)18-10-12-6-2-1-3-7-12;/h1-9H,10-11H2,(H,15,16,17);. The number of hydrogen-bond acceptors (Lipinski definition) is 3. The second-order valence-corrected chi connectivity index (χ2v) is 5.56. The van der Waals surface area contributed by atoms with Crippen molar-refractivity contribution in [3.63, 3.8) is 0 Å². The molecule has 4 nitrogen and oxygen atoms in total. The van der Waals surface area contributed by atoms with Gasteiger partial charge in [0.2, 0.25) is 0 Å². The van der Waals surface area contributed by atoms with E-state index < -0.39 is 15.9 Å². The van der Waals surface area contributed by atoms with Crippen LogP contribution in [0.2, 0.25) is 0 Å². The molecule has 1 radical (unpaired) electrons. The van der Waals surface area contributed by atoms with Gasteiger partial charge >= 0.3 is 0 Å². The normalized spacial score (nSPS) is 10.7. The van der Waals surface area contributed by atoms with E-state index in [0.717, 1.165) is 5.56 Å². The molecule has 0 saturated heterocycles. The van der Waals surface area contributed by atoms with Gasteiger partial charge in [-0.3, -0.25) is 4.55 Å². The Balaban J connectivity index is 0.00000200. The van der Waals surface area contributed by atoms with Crippen molar-refractivity contribution in [3.8, 4) is 5.75 Å². The number of rotatable bonds is 5. The van der Waals surface area contributed by atoms with Gasteiger partial charge in [-0.15, -0.1) is 0 Å². The van der Waals surface area contributed by atoms with Crippen LogP contribution < -0.4 is 4.74 Å². The van der Waals surface area contributed by atoms with Crippen molar-refractivity contribution in [3.05, 3.63) is 65.7 Å². The summed E-state index contributed by atoms with van der Waals surface area (Å²) >= 11 is 0. The minimum atomic E-state index is -4.06. The van der Waals surface area contributed by atoms with Gasteiger partial charge in [0.1, 0.15) is 18.1 Å². The van der Waals surface area contributed by atoms with Crippen molar-refractivity contribution in [2.24, 2.45) is 0 Å². The Kier molecular flexibility index (Phi) is 6.71. The molecule has 0 saturated carbocycles. The molecule has 0 aliphatic carbocycles. The Morgan fingerprint density at radius 2 is 1.55 bits per heavy atom. The van der Waals surface area contributed by atoms with Gasteiger partial charge in [-0.25, -0.2) is 0 Å². The Hall–Kier alpha value is -0.850. The predicted octanol–water partition coefficient (Wildman–Crippen LogP) is 2.27. The van der Waals surface area contributed by atoms with Gasteiger partial charge in [-0.1, -0.05) is 48.5 Å². The first kappa shape index (κ1) is 17.2. The third kappa shape index (κ3) is 5.64. The van der Waals surface area contributed by atoms with Gasteiger partial charge in [0.05, 0.1) is 0 Å². The van der Waals surface area contributed by atoms with Crippen LogP contribution in [-0.2, 0) is 22.5 Å². The molecule has 2 aromatic carbocycles. The molecule has 20 heavy (non-hydrogen) atoms. The number of hydrogen-bond donors (Lipinski definition) is 1. The number of benzene rings is 2. The summed E-state index contributed by atoms with van der Waals surface area (Å²) in [4.78, 5) is 0. The quantitative estimate of drug-likeness (QED) is 0.680. The summed E-state index contributed by atoms with van der Waals surface area (Å²) in [7, 11) is -4.06. The van der Waals surface area contributed by atoms with Crippen LogP contribution in [0.5, 0.6) is 5.75 Å². The first-order valence-corrected chi connectivity index (χ1v) is 7.35. The van der Waals surface area contributed by atoms with Crippen molar-refractivity contribution in [2.75, 3.05) is 0 Å². The van der Waals surface area contributed by atoms with E-state index in [9.17, 15) is 8.42 Å². The van der Waals surface area contributed by atoms with Gasteiger partial charge in [0, 0.05) is 35.1 Å². The van der Waals surface area contributed by atoms with E-state index >= 15 is 0 Å². The molecule has 0 aliphatic heterocycles. The van der Waals surface area contributed by atoms with Crippen molar-refractivity contribution < 1.29 is 17.7 Å². The first-order chi connectivity index (χ1) is 9.04. The van der Waals surface area contributed by atoms with Crippen molar-refractivity contribution >= 4 is 39.7 Å². The van der Waals surface area contributed by atoms with E-state index in [4.69, 9.17) is 9.29 Å². The Morgan fingerprint density at radius 3 is 2.20 bits per heavy atom. The van der Waals surface area contributed by atoms with Crippen LogP contribution in [0.4, 0.5) is 0 Å². The summed E-state index contributed by atoms with van der Waals surface area (Å²) < 4.78 is 36.3. The number of para-hydroxylation sites is 1. The molecule has 0 bridgehead atoms. The maximum absolute atomic E-state index is 10.9. The van der Waals surface area contributed by atoms with Gasteiger partial charge in [-0.2, -0.15) is 8.42 Å². The molecule has 0 aliphatic rings. The molecule has 2 aromatic rings. The van der Waals surface area contributed by atoms with Crippen molar-refractivity contribution in [2.45, 2.75) is 12.4 Å². The summed E-state index contributed by atoms with van der Waals surface area (Å²) in [5.41, 5.74) is 1.44. The van der Waals surface area contributed by atoms with Gasteiger partial charge < -0.3 is 4.74 Å². The zero-order chi connectivity index (χ0) is 13.7. The molecular weight excluding hydrogens is 287 g/mol. The van der Waals surface area contributed by atoms with Gasteiger partial charge in [0.25, 0.3) is 10.1 Å². The maximum Gasteiger partial charge on any atom is 0.269 e. The van der Waals surface area contributed by atoms with Crippen molar-refractivity contribution in [1.82, 2.24) is 0 Å². The second-order valence-electron chi connectivity index (χ2n) is 4.11. The fraction of sp³-hybridized carbons (Fsp3) is 0.143. The molecule has 6 heteroatoms. The largest absolute Gasteiger partial charge is 0.489 e. The van der Waals surface area contributed by atoms with Crippen LogP contribution in [0.15, 0.2) is 54.6 Å². The Morgan fingerprint density at radius 1 is 0.950 bits per heavy atom. The average molecular weight is 301 g/mol. The molecular formula is C14H14NaO4S. The van der Waals surface area contributed by atoms with Crippen LogP contribution >= 0.6 is 0 Å². The van der Waals surface area contributed by atoms with Crippen LogP contribution in [0.3, 0.4) is 0 Å². The fourth-order valence-electron chi connectivity index (χ4n) is 1.70. The zero-order valence-electron chi connectivity index (χ0n) is 11.2. The second kappa shape index (κ2) is 7.81. The summed E-state index contributed by atoms with van der Waals surface area (Å²) in [6.07, 6.45) is 0. The van der Waals surface area contributed by atoms with Crippen LogP contribution in [-0.4, -0.2) is 42.5 Å². The Bertz CT molecular complexity index is 641. The zero-order valence-corrected chi connectivity index (χ0v) is 14.0. The van der Waals surface area contributed by atoms with E-state index in [-0.39, 0.29) is 29.6 Å². The van der Waals surface area contributed by atoms with Crippen molar-refractivity contribution in [1.29, 1.82) is 0 Å². The monoisotopic (exact) mass is 301 g/mol.